The van der Waals surface area contributed by atoms with Crippen LogP contribution in [0.3, 0.4) is 0 Å². The van der Waals surface area contributed by atoms with Crippen LogP contribution in [0.4, 0.5) is 15.3 Å². The third-order valence-electron chi connectivity index (χ3n) is 8.88. The second-order valence-electron chi connectivity index (χ2n) is 11.9. The Labute approximate surface area is 278 Å². The van der Waals surface area contributed by atoms with Gasteiger partial charge in [0.05, 0.1) is 6.04 Å². The number of halogens is 1. The number of alkyl carbamates (subject to hydrolysis) is 1. The summed E-state index contributed by atoms with van der Waals surface area (Å²) in [5, 5.41) is 23.9. The lowest BCUT2D eigenvalue weighted by atomic mass is 9.66. The molecule has 4 aromatic carbocycles. The van der Waals surface area contributed by atoms with Crippen molar-refractivity contribution in [2.24, 2.45) is 0 Å². The van der Waals surface area contributed by atoms with Crippen LogP contribution in [-0.4, -0.2) is 53.0 Å². The van der Waals surface area contributed by atoms with E-state index in [0.29, 0.717) is 30.1 Å². The zero-order valence-electron chi connectivity index (χ0n) is 25.8. The Balaban J connectivity index is 1.28. The second kappa shape index (κ2) is 13.7. The minimum Gasteiger partial charge on any atom is -0.508 e. The number of fused-ring (bicyclic) bond motifs is 3. The summed E-state index contributed by atoms with van der Waals surface area (Å²) >= 11 is 6.59. The van der Waals surface area contributed by atoms with Gasteiger partial charge in [-0.25, -0.2) is 9.59 Å². The van der Waals surface area contributed by atoms with Crippen molar-refractivity contribution in [3.8, 4) is 11.5 Å². The number of amides is 2. The van der Waals surface area contributed by atoms with Crippen LogP contribution in [0.25, 0.3) is 0 Å². The number of carbonyl (C=O) groups excluding carboxylic acids is 2. The molecule has 0 unspecified atom stereocenters. The molecule has 242 valence electrons. The average Bonchev–Trinajstić information content (AvgIpc) is 3.31. The van der Waals surface area contributed by atoms with Gasteiger partial charge in [-0.2, -0.15) is 0 Å². The van der Waals surface area contributed by atoms with Gasteiger partial charge in [0, 0.05) is 48.4 Å². The van der Waals surface area contributed by atoms with Gasteiger partial charge in [0.1, 0.15) is 24.7 Å². The number of nitrogens with zero attached hydrogens (tertiary/aromatic N) is 2. The molecule has 47 heavy (non-hydrogen) atoms. The number of benzene rings is 4. The van der Waals surface area contributed by atoms with Crippen LogP contribution < -0.4 is 10.2 Å². The zero-order chi connectivity index (χ0) is 33.0. The number of ether oxygens (including phenoxy) is 2. The first kappa shape index (κ1) is 31.8. The summed E-state index contributed by atoms with van der Waals surface area (Å²) in [4.78, 5) is 30.0. The first-order valence-electron chi connectivity index (χ1n) is 15.4. The van der Waals surface area contributed by atoms with Crippen molar-refractivity contribution >= 4 is 29.5 Å². The maximum Gasteiger partial charge on any atom is 0.410 e. The van der Waals surface area contributed by atoms with E-state index in [4.69, 9.17) is 21.1 Å². The molecular formula is C37H36ClN3O6. The van der Waals surface area contributed by atoms with Crippen LogP contribution in [-0.2, 0) is 34.6 Å². The topological polar surface area (TPSA) is 112 Å². The Morgan fingerprint density at radius 3 is 2.17 bits per heavy atom. The lowest BCUT2D eigenvalue weighted by Crippen LogP contribution is -2.59. The fourth-order valence-corrected chi connectivity index (χ4v) is 6.93. The molecule has 0 spiro atoms. The van der Waals surface area contributed by atoms with Crippen molar-refractivity contribution in [1.82, 2.24) is 10.2 Å². The van der Waals surface area contributed by atoms with Crippen LogP contribution in [0.5, 0.6) is 11.5 Å². The largest absolute Gasteiger partial charge is 0.508 e. The lowest BCUT2D eigenvalue weighted by Gasteiger charge is -2.48. The fourth-order valence-electron chi connectivity index (χ4n) is 6.76. The van der Waals surface area contributed by atoms with Crippen molar-refractivity contribution < 1.29 is 29.3 Å². The van der Waals surface area contributed by atoms with Crippen LogP contribution in [0.2, 0.25) is 5.02 Å². The summed E-state index contributed by atoms with van der Waals surface area (Å²) in [6.07, 6.45) is -0.542. The number of phenols is 2. The molecule has 0 saturated carbocycles. The van der Waals surface area contributed by atoms with E-state index in [-0.39, 0.29) is 43.8 Å². The molecule has 0 radical (unpaired) electrons. The molecule has 1 saturated heterocycles. The van der Waals surface area contributed by atoms with Gasteiger partial charge in [0.2, 0.25) is 0 Å². The predicted octanol–water partition coefficient (Wildman–Crippen LogP) is 6.90. The molecule has 0 aromatic heterocycles. The lowest BCUT2D eigenvalue weighted by molar-refractivity contribution is 0.0843. The van der Waals surface area contributed by atoms with Crippen LogP contribution in [0, 0.1) is 0 Å². The first-order valence-corrected chi connectivity index (χ1v) is 15.8. The van der Waals surface area contributed by atoms with E-state index in [1.807, 2.05) is 78.9 Å². The first-order chi connectivity index (χ1) is 22.7. The third kappa shape index (κ3) is 6.85. The number of hydrogen-bond acceptors (Lipinski definition) is 7. The second-order valence-corrected chi connectivity index (χ2v) is 12.3. The van der Waals surface area contributed by atoms with E-state index in [0.717, 1.165) is 28.0 Å². The van der Waals surface area contributed by atoms with E-state index < -0.39 is 17.6 Å². The maximum atomic E-state index is 13.5. The van der Waals surface area contributed by atoms with Gasteiger partial charge in [0.25, 0.3) is 0 Å². The molecule has 1 fully saturated rings. The average molecular weight is 654 g/mol. The smallest absolute Gasteiger partial charge is 0.410 e. The number of aromatic hydroxyl groups is 2. The number of rotatable bonds is 9. The molecule has 4 aromatic rings. The summed E-state index contributed by atoms with van der Waals surface area (Å²) in [6, 6.07) is 28.7. The molecule has 6 rings (SSSR count). The van der Waals surface area contributed by atoms with Gasteiger partial charge in [-0.3, -0.25) is 0 Å². The Morgan fingerprint density at radius 1 is 0.872 bits per heavy atom. The normalized spacial score (nSPS) is 18.3. The molecule has 2 aliphatic heterocycles. The molecule has 0 bridgehead atoms. The van der Waals surface area contributed by atoms with Crippen molar-refractivity contribution in [1.29, 1.82) is 0 Å². The minimum atomic E-state index is -0.706. The predicted molar refractivity (Wildman–Crippen MR) is 179 cm³/mol. The van der Waals surface area contributed by atoms with Gasteiger partial charge in [-0.1, -0.05) is 78.8 Å². The third-order valence-corrected chi connectivity index (χ3v) is 9.11. The highest BCUT2D eigenvalue weighted by Crippen LogP contribution is 2.54. The number of piperidine rings is 1. The maximum absolute atomic E-state index is 13.5. The summed E-state index contributed by atoms with van der Waals surface area (Å²) in [6.45, 7) is 5.92. The molecule has 2 aliphatic rings. The van der Waals surface area contributed by atoms with Crippen LogP contribution in [0.1, 0.15) is 28.7 Å². The van der Waals surface area contributed by atoms with Gasteiger partial charge in [0.15, 0.2) is 0 Å². The highest BCUT2D eigenvalue weighted by molar-refractivity contribution is 6.30. The van der Waals surface area contributed by atoms with Gasteiger partial charge >= 0.3 is 12.2 Å². The van der Waals surface area contributed by atoms with E-state index >= 15 is 0 Å². The van der Waals surface area contributed by atoms with Gasteiger partial charge in [-0.15, -0.1) is 0 Å². The highest BCUT2D eigenvalue weighted by Gasteiger charge is 2.56. The monoisotopic (exact) mass is 653 g/mol. The van der Waals surface area contributed by atoms with E-state index in [2.05, 4.69) is 16.8 Å². The highest BCUT2D eigenvalue weighted by atomic mass is 35.5. The van der Waals surface area contributed by atoms with E-state index in [1.54, 1.807) is 17.0 Å². The Bertz CT molecular complexity index is 1750. The van der Waals surface area contributed by atoms with Crippen molar-refractivity contribution in [3.05, 3.63) is 136 Å². The Kier molecular flexibility index (Phi) is 9.26. The van der Waals surface area contributed by atoms with Crippen LogP contribution in [0.15, 0.2) is 109 Å². The van der Waals surface area contributed by atoms with Crippen molar-refractivity contribution in [2.75, 3.05) is 24.5 Å². The fraction of sp³-hybridized carbons (Fsp3) is 0.243. The quantitative estimate of drug-likeness (QED) is 0.169. The molecule has 2 atom stereocenters. The summed E-state index contributed by atoms with van der Waals surface area (Å²) in [5.41, 5.74) is 4.32. The number of phenolic OH excluding ortho intramolecular Hbond substituents is 2. The number of likely N-dealkylation sites (tertiary alicyclic amines) is 1. The van der Waals surface area contributed by atoms with E-state index in [1.165, 1.54) is 6.07 Å². The molecular weight excluding hydrogens is 618 g/mol. The zero-order valence-corrected chi connectivity index (χ0v) is 26.5. The number of carbonyl (C=O) groups is 2. The van der Waals surface area contributed by atoms with Crippen molar-refractivity contribution in [3.63, 3.8) is 0 Å². The van der Waals surface area contributed by atoms with Gasteiger partial charge < -0.3 is 34.8 Å². The molecule has 3 N–H and O–H groups in total. The van der Waals surface area contributed by atoms with Crippen molar-refractivity contribution in [2.45, 2.75) is 37.6 Å². The number of nitrogens with one attached hydrogen (secondary N) is 1. The molecule has 2 heterocycles. The minimum absolute atomic E-state index is 0.0563. The van der Waals surface area contributed by atoms with Gasteiger partial charge in [-0.05, 0) is 64.6 Å². The van der Waals surface area contributed by atoms with Crippen LogP contribution >= 0.6 is 11.6 Å². The molecule has 2 amide bonds. The number of hydrogen-bond donors (Lipinski definition) is 3. The molecule has 0 aliphatic carbocycles. The Morgan fingerprint density at radius 2 is 1.51 bits per heavy atom. The number of anilines is 1. The van der Waals surface area contributed by atoms with E-state index in [9.17, 15) is 19.8 Å². The summed E-state index contributed by atoms with van der Waals surface area (Å²) in [5.74, 6) is -0.113. The summed E-state index contributed by atoms with van der Waals surface area (Å²) in [7, 11) is 0. The SMILES string of the molecule is C=C1CN(C(=O)OCc2ccccc2)C[C@@H]2N(Cc3cc(O)cc(O)c3)c3ccc(Cl)cc3[C@]12CCNC(=O)OCc1ccccc1. The molecule has 9 nitrogen and oxygen atoms in total. The summed E-state index contributed by atoms with van der Waals surface area (Å²) < 4.78 is 11.2. The Hall–Kier alpha value is -5.15. The molecule has 10 heteroatoms. The standard InChI is InChI=1S/C37H36ClN3O6/c1-25-20-40(36(45)47-24-27-10-6-3-7-11-27)22-34-37(25,14-15-39-35(44)46-23-26-8-4-2-5-9-26)32-18-29(38)12-13-33(32)41(34)21-28-16-30(42)19-31(43)17-28/h2-13,16-19,34,42-43H,1,14-15,20-24H2,(H,39,44)/t34-,37-/m0/s1.